The zero-order chi connectivity index (χ0) is 20.2. The highest BCUT2D eigenvalue weighted by molar-refractivity contribution is 5.74. The number of benzene rings is 1. The van der Waals surface area contributed by atoms with Crippen LogP contribution in [0.4, 0.5) is 5.69 Å². The standard InChI is InChI=1S/C21H25NO3.C2H6/c1-16(18-10-12-20(24-3)13-11-18)15-22(17(2)14-21(23)25-4)19-8-6-5-7-9-19;1-2/h5-12,15,20H,2,13-14H2,1,3-4H3;1-2H3/b16-15+;. The molecular formula is C23H31NO3. The third-order valence-corrected chi connectivity index (χ3v) is 4.09. The molecule has 1 aromatic carbocycles. The van der Waals surface area contributed by atoms with Crippen molar-refractivity contribution in [1.82, 2.24) is 0 Å². The molecule has 0 amide bonds. The van der Waals surface area contributed by atoms with Crippen molar-refractivity contribution in [3.05, 3.63) is 78.2 Å². The summed E-state index contributed by atoms with van der Waals surface area (Å²) >= 11 is 0. The molecule has 0 N–H and O–H groups in total. The number of nitrogens with zero attached hydrogens (tertiary/aromatic N) is 1. The average Bonchev–Trinajstić information content (AvgIpc) is 2.73. The molecule has 1 aromatic rings. The van der Waals surface area contributed by atoms with E-state index in [2.05, 4.69) is 24.8 Å². The van der Waals surface area contributed by atoms with Gasteiger partial charge in [-0.3, -0.25) is 4.79 Å². The lowest BCUT2D eigenvalue weighted by Gasteiger charge is -2.24. The number of hydrogen-bond donors (Lipinski definition) is 0. The van der Waals surface area contributed by atoms with Crippen LogP contribution in [0.3, 0.4) is 0 Å². The minimum absolute atomic E-state index is 0.135. The van der Waals surface area contributed by atoms with Gasteiger partial charge in [-0.15, -0.1) is 0 Å². The molecule has 2 rings (SSSR count). The normalized spacial score (nSPS) is 16.0. The molecular weight excluding hydrogens is 338 g/mol. The molecule has 1 aliphatic carbocycles. The first-order valence-corrected chi connectivity index (χ1v) is 9.24. The molecule has 4 heteroatoms. The summed E-state index contributed by atoms with van der Waals surface area (Å²) in [6.45, 7) is 10.1. The molecule has 27 heavy (non-hydrogen) atoms. The number of anilines is 1. The second-order valence-electron chi connectivity index (χ2n) is 5.87. The molecule has 4 nitrogen and oxygen atoms in total. The summed E-state index contributed by atoms with van der Waals surface area (Å²) in [7, 11) is 3.10. The van der Waals surface area contributed by atoms with Crippen LogP contribution in [0.1, 0.15) is 33.6 Å². The SMILES string of the molecule is C=C(CC(=O)OC)N(/C=C(\C)C1=CCC(OC)C=C1)c1ccccc1.CC. The van der Waals surface area contributed by atoms with Gasteiger partial charge in [0.25, 0.3) is 0 Å². The van der Waals surface area contributed by atoms with E-state index in [1.165, 1.54) is 7.11 Å². The predicted octanol–water partition coefficient (Wildman–Crippen LogP) is 5.40. The Balaban J connectivity index is 0.00000176. The molecule has 0 bridgehead atoms. The molecule has 0 aliphatic heterocycles. The lowest BCUT2D eigenvalue weighted by molar-refractivity contribution is -0.139. The van der Waals surface area contributed by atoms with Crippen molar-refractivity contribution in [3.8, 4) is 0 Å². The molecule has 0 radical (unpaired) electrons. The topological polar surface area (TPSA) is 38.8 Å². The van der Waals surface area contributed by atoms with Crippen LogP contribution in [0, 0.1) is 0 Å². The number of hydrogen-bond acceptors (Lipinski definition) is 4. The van der Waals surface area contributed by atoms with Crippen LogP contribution in [0.2, 0.25) is 0 Å². The Morgan fingerprint density at radius 3 is 2.44 bits per heavy atom. The van der Waals surface area contributed by atoms with Gasteiger partial charge in [0.05, 0.1) is 19.6 Å². The van der Waals surface area contributed by atoms with Gasteiger partial charge in [0.2, 0.25) is 0 Å². The van der Waals surface area contributed by atoms with E-state index >= 15 is 0 Å². The van der Waals surface area contributed by atoms with Crippen molar-refractivity contribution >= 4 is 11.7 Å². The van der Waals surface area contributed by atoms with Crippen LogP contribution in [0.15, 0.2) is 78.2 Å². The summed E-state index contributed by atoms with van der Waals surface area (Å²) in [6.07, 6.45) is 9.41. The Hall–Kier alpha value is -2.59. The number of carbonyl (C=O) groups is 1. The summed E-state index contributed by atoms with van der Waals surface area (Å²) in [5, 5.41) is 0. The van der Waals surface area contributed by atoms with Crippen molar-refractivity contribution in [2.24, 2.45) is 0 Å². The summed E-state index contributed by atoms with van der Waals surface area (Å²) in [6, 6.07) is 9.84. The Kier molecular flexibility index (Phi) is 9.91. The molecule has 1 atom stereocenters. The van der Waals surface area contributed by atoms with Gasteiger partial charge in [-0.05, 0) is 36.6 Å². The second-order valence-corrected chi connectivity index (χ2v) is 5.87. The highest BCUT2D eigenvalue weighted by Crippen LogP contribution is 2.25. The van der Waals surface area contributed by atoms with Crippen LogP contribution in [0.25, 0.3) is 0 Å². The van der Waals surface area contributed by atoms with Crippen LogP contribution in [-0.2, 0) is 14.3 Å². The number of methoxy groups -OCH3 is 2. The number of esters is 1. The van der Waals surface area contributed by atoms with Gasteiger partial charge in [-0.25, -0.2) is 0 Å². The van der Waals surface area contributed by atoms with Gasteiger partial charge < -0.3 is 14.4 Å². The van der Waals surface area contributed by atoms with E-state index in [0.29, 0.717) is 5.70 Å². The molecule has 146 valence electrons. The molecule has 0 fully saturated rings. The predicted molar refractivity (Wildman–Crippen MR) is 112 cm³/mol. The van der Waals surface area contributed by atoms with Gasteiger partial charge >= 0.3 is 5.97 Å². The maximum Gasteiger partial charge on any atom is 0.311 e. The zero-order valence-electron chi connectivity index (χ0n) is 17.1. The molecule has 0 spiro atoms. The Morgan fingerprint density at radius 1 is 1.26 bits per heavy atom. The van der Waals surface area contributed by atoms with E-state index in [4.69, 9.17) is 9.47 Å². The third kappa shape index (κ3) is 6.91. The first-order chi connectivity index (χ1) is 13.0. The van der Waals surface area contributed by atoms with E-state index < -0.39 is 0 Å². The summed E-state index contributed by atoms with van der Waals surface area (Å²) in [5.74, 6) is -0.309. The van der Waals surface area contributed by atoms with Crippen molar-refractivity contribution in [2.45, 2.75) is 39.7 Å². The summed E-state index contributed by atoms with van der Waals surface area (Å²) in [5.41, 5.74) is 3.83. The van der Waals surface area contributed by atoms with E-state index in [9.17, 15) is 4.79 Å². The largest absolute Gasteiger partial charge is 0.469 e. The average molecular weight is 370 g/mol. The van der Waals surface area contributed by atoms with Crippen LogP contribution in [-0.4, -0.2) is 26.3 Å². The fraction of sp³-hybridized carbons (Fsp3) is 0.348. The van der Waals surface area contributed by atoms with Gasteiger partial charge in [0.1, 0.15) is 0 Å². The smallest absolute Gasteiger partial charge is 0.311 e. The maximum atomic E-state index is 11.6. The lowest BCUT2D eigenvalue weighted by Crippen LogP contribution is -2.19. The van der Waals surface area contributed by atoms with Crippen molar-refractivity contribution in [1.29, 1.82) is 0 Å². The van der Waals surface area contributed by atoms with E-state index in [1.54, 1.807) is 7.11 Å². The zero-order valence-corrected chi connectivity index (χ0v) is 17.1. The highest BCUT2D eigenvalue weighted by Gasteiger charge is 2.14. The van der Waals surface area contributed by atoms with Gasteiger partial charge in [-0.2, -0.15) is 0 Å². The molecule has 0 saturated carbocycles. The molecule has 1 unspecified atom stereocenters. The van der Waals surface area contributed by atoms with Crippen LogP contribution < -0.4 is 4.90 Å². The van der Waals surface area contributed by atoms with Crippen LogP contribution >= 0.6 is 0 Å². The minimum atomic E-state index is -0.309. The Morgan fingerprint density at radius 2 is 1.93 bits per heavy atom. The number of para-hydroxylation sites is 1. The first kappa shape index (κ1) is 22.5. The number of ether oxygens (including phenoxy) is 2. The first-order valence-electron chi connectivity index (χ1n) is 9.24. The van der Waals surface area contributed by atoms with Gasteiger partial charge in [-0.1, -0.05) is 56.9 Å². The van der Waals surface area contributed by atoms with Gasteiger partial charge in [0.15, 0.2) is 0 Å². The number of carbonyl (C=O) groups excluding carboxylic acids is 1. The number of allylic oxidation sites excluding steroid dienone is 3. The summed E-state index contributed by atoms with van der Waals surface area (Å²) < 4.78 is 10.1. The molecule has 0 aromatic heterocycles. The Bertz CT molecular complexity index is 702. The highest BCUT2D eigenvalue weighted by atomic mass is 16.5. The third-order valence-electron chi connectivity index (χ3n) is 4.09. The number of rotatable bonds is 7. The summed E-state index contributed by atoms with van der Waals surface area (Å²) in [4.78, 5) is 13.6. The molecule has 0 saturated heterocycles. The van der Waals surface area contributed by atoms with Crippen molar-refractivity contribution in [3.63, 3.8) is 0 Å². The van der Waals surface area contributed by atoms with Crippen molar-refractivity contribution in [2.75, 3.05) is 19.1 Å². The monoisotopic (exact) mass is 369 g/mol. The van der Waals surface area contributed by atoms with E-state index in [0.717, 1.165) is 23.3 Å². The van der Waals surface area contributed by atoms with E-state index in [1.807, 2.05) is 62.2 Å². The fourth-order valence-electron chi connectivity index (χ4n) is 2.60. The molecule has 1 aliphatic rings. The Labute approximate surface area is 163 Å². The molecule has 0 heterocycles. The van der Waals surface area contributed by atoms with Gasteiger partial charge in [0, 0.05) is 24.7 Å². The lowest BCUT2D eigenvalue weighted by atomic mass is 9.99. The maximum absolute atomic E-state index is 11.6. The van der Waals surface area contributed by atoms with Crippen molar-refractivity contribution < 1.29 is 14.3 Å². The van der Waals surface area contributed by atoms with Crippen LogP contribution in [0.5, 0.6) is 0 Å². The van der Waals surface area contributed by atoms with E-state index in [-0.39, 0.29) is 18.5 Å². The minimum Gasteiger partial charge on any atom is -0.469 e. The quantitative estimate of drug-likeness (QED) is 0.603. The fourth-order valence-corrected chi connectivity index (χ4v) is 2.60. The second kappa shape index (κ2) is 11.9.